The summed E-state index contributed by atoms with van der Waals surface area (Å²) in [6.07, 6.45) is 0. The van der Waals surface area contributed by atoms with Crippen molar-refractivity contribution in [2.24, 2.45) is 0 Å². The molecule has 0 saturated heterocycles. The van der Waals surface area contributed by atoms with Crippen molar-refractivity contribution < 1.29 is 9.18 Å². The molecule has 0 aliphatic carbocycles. The predicted molar refractivity (Wildman–Crippen MR) is 75.2 cm³/mol. The summed E-state index contributed by atoms with van der Waals surface area (Å²) in [5, 5.41) is 13.8. The van der Waals surface area contributed by atoms with Crippen LogP contribution in [0.3, 0.4) is 0 Å². The molecule has 2 amide bonds. The normalized spacial score (nSPS) is 9.65. The quantitative estimate of drug-likeness (QED) is 0.878. The summed E-state index contributed by atoms with van der Waals surface area (Å²) in [5.41, 5.74) is 0.531. The van der Waals surface area contributed by atoms with Crippen molar-refractivity contribution in [2.45, 2.75) is 0 Å². The van der Waals surface area contributed by atoms with Gasteiger partial charge >= 0.3 is 6.03 Å². The Bertz CT molecular complexity index is 677. The largest absolute Gasteiger partial charge is 0.323 e. The predicted octanol–water partition coefficient (Wildman–Crippen LogP) is 3.99. The number of hydrogen-bond acceptors (Lipinski definition) is 2. The highest BCUT2D eigenvalue weighted by atomic mass is 35.5. The number of nitrogens with one attached hydrogen (secondary N) is 2. The lowest BCUT2D eigenvalue weighted by atomic mass is 10.2. The minimum atomic E-state index is -0.681. The second-order valence-electron chi connectivity index (χ2n) is 3.83. The average molecular weight is 290 g/mol. The number of carbonyl (C=O) groups is 1. The molecule has 0 fully saturated rings. The number of urea groups is 1. The maximum absolute atomic E-state index is 13.5. The summed E-state index contributed by atoms with van der Waals surface area (Å²) >= 11 is 5.80. The van der Waals surface area contributed by atoms with Crippen LogP contribution < -0.4 is 10.6 Å². The van der Waals surface area contributed by atoms with Crippen LogP contribution in [-0.4, -0.2) is 6.03 Å². The highest BCUT2D eigenvalue weighted by molar-refractivity contribution is 6.33. The van der Waals surface area contributed by atoms with Crippen LogP contribution in [0.25, 0.3) is 0 Å². The van der Waals surface area contributed by atoms with Gasteiger partial charge in [-0.1, -0.05) is 29.8 Å². The van der Waals surface area contributed by atoms with E-state index in [0.717, 1.165) is 0 Å². The third kappa shape index (κ3) is 3.05. The molecule has 6 heteroatoms. The third-order valence-electron chi connectivity index (χ3n) is 2.50. The molecular formula is C14H9ClFN3O. The lowest BCUT2D eigenvalue weighted by molar-refractivity contribution is 0.262. The Hall–Kier alpha value is -2.58. The monoisotopic (exact) mass is 289 g/mol. The molecule has 0 spiro atoms. The van der Waals surface area contributed by atoms with E-state index in [-0.39, 0.29) is 10.7 Å². The van der Waals surface area contributed by atoms with Gasteiger partial charge in [0.15, 0.2) is 0 Å². The van der Waals surface area contributed by atoms with Crippen molar-refractivity contribution in [3.05, 3.63) is 58.9 Å². The molecule has 0 atom stereocenters. The van der Waals surface area contributed by atoms with Gasteiger partial charge in [-0.2, -0.15) is 5.26 Å². The van der Waals surface area contributed by atoms with Gasteiger partial charge in [0, 0.05) is 0 Å². The lowest BCUT2D eigenvalue weighted by Crippen LogP contribution is -2.20. The fraction of sp³-hybridized carbons (Fsp3) is 0. The molecule has 0 unspecified atom stereocenters. The van der Waals surface area contributed by atoms with Gasteiger partial charge in [0.05, 0.1) is 22.0 Å². The van der Waals surface area contributed by atoms with Crippen LogP contribution in [0.15, 0.2) is 42.5 Å². The van der Waals surface area contributed by atoms with Crippen LogP contribution in [0, 0.1) is 17.1 Å². The topological polar surface area (TPSA) is 64.9 Å². The van der Waals surface area contributed by atoms with Gasteiger partial charge in [0.2, 0.25) is 0 Å². The van der Waals surface area contributed by atoms with Crippen LogP contribution in [0.1, 0.15) is 5.56 Å². The molecule has 4 nitrogen and oxygen atoms in total. The van der Waals surface area contributed by atoms with E-state index in [0.29, 0.717) is 11.3 Å². The van der Waals surface area contributed by atoms with Gasteiger partial charge in [-0.05, 0) is 24.3 Å². The molecule has 0 aliphatic rings. The van der Waals surface area contributed by atoms with Crippen LogP contribution >= 0.6 is 11.6 Å². The zero-order chi connectivity index (χ0) is 14.5. The summed E-state index contributed by atoms with van der Waals surface area (Å²) in [6.45, 7) is 0. The number of anilines is 2. The molecule has 0 saturated carbocycles. The minimum absolute atomic E-state index is 0.0914. The number of nitriles is 1. The SMILES string of the molecule is N#Cc1ccccc1NC(=O)Nc1c(F)cccc1Cl. The second-order valence-corrected chi connectivity index (χ2v) is 4.24. The van der Waals surface area contributed by atoms with E-state index in [1.54, 1.807) is 24.3 Å². The molecule has 0 aromatic heterocycles. The molecule has 0 radical (unpaired) electrons. The third-order valence-corrected chi connectivity index (χ3v) is 2.81. The van der Waals surface area contributed by atoms with Crippen LogP contribution in [0.5, 0.6) is 0 Å². The number of nitrogens with zero attached hydrogens (tertiary/aromatic N) is 1. The van der Waals surface area contributed by atoms with Crippen LogP contribution in [-0.2, 0) is 0 Å². The number of carbonyl (C=O) groups excluding carboxylic acids is 1. The molecule has 100 valence electrons. The number of para-hydroxylation sites is 2. The maximum atomic E-state index is 13.5. The Kier molecular flexibility index (Phi) is 4.18. The van der Waals surface area contributed by atoms with E-state index < -0.39 is 11.8 Å². The number of amides is 2. The van der Waals surface area contributed by atoms with Gasteiger partial charge in [-0.3, -0.25) is 0 Å². The lowest BCUT2D eigenvalue weighted by Gasteiger charge is -2.10. The Morgan fingerprint density at radius 2 is 1.90 bits per heavy atom. The van der Waals surface area contributed by atoms with Crippen molar-refractivity contribution in [1.29, 1.82) is 5.26 Å². The summed E-state index contributed by atoms with van der Waals surface area (Å²) < 4.78 is 13.5. The molecule has 20 heavy (non-hydrogen) atoms. The highest BCUT2D eigenvalue weighted by Crippen LogP contribution is 2.25. The fourth-order valence-electron chi connectivity index (χ4n) is 1.57. The first-order chi connectivity index (χ1) is 9.61. The van der Waals surface area contributed by atoms with E-state index >= 15 is 0 Å². The van der Waals surface area contributed by atoms with E-state index in [9.17, 15) is 9.18 Å². The highest BCUT2D eigenvalue weighted by Gasteiger charge is 2.11. The van der Waals surface area contributed by atoms with Crippen molar-refractivity contribution in [1.82, 2.24) is 0 Å². The van der Waals surface area contributed by atoms with Gasteiger partial charge in [0.25, 0.3) is 0 Å². The number of hydrogen-bond donors (Lipinski definition) is 2. The van der Waals surface area contributed by atoms with Crippen LogP contribution in [0.4, 0.5) is 20.6 Å². The average Bonchev–Trinajstić information content (AvgIpc) is 2.44. The standard InChI is InChI=1S/C14H9ClFN3O/c15-10-5-3-6-11(16)13(10)19-14(20)18-12-7-2-1-4-9(12)8-17/h1-7H,(H2,18,19,20). The molecule has 2 N–H and O–H groups in total. The Morgan fingerprint density at radius 3 is 2.60 bits per heavy atom. The smallest absolute Gasteiger partial charge is 0.306 e. The molecular weight excluding hydrogens is 281 g/mol. The van der Waals surface area contributed by atoms with E-state index in [4.69, 9.17) is 16.9 Å². The van der Waals surface area contributed by atoms with Crippen molar-refractivity contribution in [3.63, 3.8) is 0 Å². The van der Waals surface area contributed by atoms with Crippen molar-refractivity contribution in [2.75, 3.05) is 10.6 Å². The van der Waals surface area contributed by atoms with Gasteiger partial charge < -0.3 is 10.6 Å². The van der Waals surface area contributed by atoms with E-state index in [1.807, 2.05) is 6.07 Å². The summed E-state index contributed by atoms with van der Waals surface area (Å²) in [7, 11) is 0. The maximum Gasteiger partial charge on any atom is 0.323 e. The zero-order valence-corrected chi connectivity index (χ0v) is 10.9. The molecule has 0 aliphatic heterocycles. The first kappa shape index (κ1) is 13.8. The molecule has 0 bridgehead atoms. The molecule has 0 heterocycles. The summed E-state index contributed by atoms with van der Waals surface area (Å²) in [6, 6.07) is 11.8. The Labute approximate surface area is 119 Å². The second kappa shape index (κ2) is 6.04. The van der Waals surface area contributed by atoms with E-state index in [1.165, 1.54) is 18.2 Å². The van der Waals surface area contributed by atoms with Gasteiger partial charge in [0.1, 0.15) is 11.9 Å². The Balaban J connectivity index is 2.16. The summed E-state index contributed by atoms with van der Waals surface area (Å²) in [5.74, 6) is -0.638. The van der Waals surface area contributed by atoms with Crippen molar-refractivity contribution in [3.8, 4) is 6.07 Å². The number of rotatable bonds is 2. The first-order valence-corrected chi connectivity index (χ1v) is 6.01. The minimum Gasteiger partial charge on any atom is -0.306 e. The number of benzene rings is 2. The van der Waals surface area contributed by atoms with Crippen molar-refractivity contribution >= 4 is 29.0 Å². The molecule has 2 rings (SSSR count). The number of halogens is 2. The fourth-order valence-corrected chi connectivity index (χ4v) is 1.78. The molecule has 2 aromatic carbocycles. The zero-order valence-electron chi connectivity index (χ0n) is 10.2. The molecule has 2 aromatic rings. The van der Waals surface area contributed by atoms with Gasteiger partial charge in [-0.15, -0.1) is 0 Å². The van der Waals surface area contributed by atoms with E-state index in [2.05, 4.69) is 10.6 Å². The first-order valence-electron chi connectivity index (χ1n) is 5.63. The van der Waals surface area contributed by atoms with Crippen LogP contribution in [0.2, 0.25) is 5.02 Å². The Morgan fingerprint density at radius 1 is 1.15 bits per heavy atom. The summed E-state index contributed by atoms with van der Waals surface area (Å²) in [4.78, 5) is 11.8. The van der Waals surface area contributed by atoms with Gasteiger partial charge in [-0.25, -0.2) is 9.18 Å².